The second-order valence-corrected chi connectivity index (χ2v) is 5.24. The van der Waals surface area contributed by atoms with Crippen LogP contribution in [0.25, 0.3) is 0 Å². The highest BCUT2D eigenvalue weighted by atomic mass is 32.2. The molecule has 9 heteroatoms. The highest BCUT2D eigenvalue weighted by Crippen LogP contribution is 2.19. The van der Waals surface area contributed by atoms with Crippen molar-refractivity contribution in [3.8, 4) is 0 Å². The minimum Gasteiger partial charge on any atom is -0.303 e. The van der Waals surface area contributed by atoms with Gasteiger partial charge in [0.05, 0.1) is 4.92 Å². The number of nitro benzene ring substituents is 1. The molecule has 1 amide bonds. The molecule has 0 radical (unpaired) electrons. The first kappa shape index (κ1) is 13.4. The van der Waals surface area contributed by atoms with Crippen molar-refractivity contribution < 1.29 is 9.72 Å². The van der Waals surface area contributed by atoms with Crippen molar-refractivity contribution in [3.63, 3.8) is 0 Å². The van der Waals surface area contributed by atoms with Crippen LogP contribution in [0.1, 0.15) is 5.56 Å². The van der Waals surface area contributed by atoms with Crippen LogP contribution in [0.3, 0.4) is 0 Å². The predicted molar refractivity (Wildman–Crippen MR) is 79.7 cm³/mol. The Morgan fingerprint density at radius 3 is 2.81 bits per heavy atom. The van der Waals surface area contributed by atoms with Crippen LogP contribution in [-0.4, -0.2) is 34.2 Å². The summed E-state index contributed by atoms with van der Waals surface area (Å²) in [6.07, 6.45) is 1.33. The van der Waals surface area contributed by atoms with Crippen LogP contribution < -0.4 is 5.32 Å². The fourth-order valence-electron chi connectivity index (χ4n) is 1.81. The predicted octanol–water partition coefficient (Wildman–Crippen LogP) is 1.12. The Labute approximate surface area is 123 Å². The standard InChI is InChI=1S/C12H9N5O3S/c18-11-9-10(14-6-13-9)15-12(16-11)21-5-7-1-3-8(4-2-7)17(19)20/h1-4,6,9H,5H2,(H,13,14,15,16,18). The van der Waals surface area contributed by atoms with Gasteiger partial charge in [0.15, 0.2) is 17.0 Å². The number of aliphatic imine (C=N–C) groups is 3. The normalized spacial score (nSPS) is 19.6. The Bertz CT molecular complexity index is 695. The lowest BCUT2D eigenvalue weighted by molar-refractivity contribution is -0.384. The molecule has 0 bridgehead atoms. The molecule has 0 fully saturated rings. The number of amidine groups is 2. The summed E-state index contributed by atoms with van der Waals surface area (Å²) in [5.74, 6) is 0.685. The number of carbonyl (C=O) groups is 1. The maximum atomic E-state index is 11.7. The minimum absolute atomic E-state index is 0.0485. The number of rotatable bonds is 3. The highest BCUT2D eigenvalue weighted by molar-refractivity contribution is 8.13. The smallest absolute Gasteiger partial charge is 0.269 e. The number of hydrogen-bond donors (Lipinski definition) is 1. The number of fused-ring (bicyclic) bond motifs is 1. The maximum Gasteiger partial charge on any atom is 0.269 e. The zero-order valence-corrected chi connectivity index (χ0v) is 11.4. The van der Waals surface area contributed by atoms with E-state index in [2.05, 4.69) is 20.3 Å². The van der Waals surface area contributed by atoms with E-state index in [4.69, 9.17) is 0 Å². The average Bonchev–Trinajstić information content (AvgIpc) is 2.94. The summed E-state index contributed by atoms with van der Waals surface area (Å²) < 4.78 is 0. The van der Waals surface area contributed by atoms with Crippen molar-refractivity contribution >= 4 is 40.7 Å². The molecule has 1 N–H and O–H groups in total. The number of nitrogens with one attached hydrogen (secondary N) is 1. The SMILES string of the molecule is O=C1NC(SCc2ccc([N+](=O)[O-])cc2)=NC2=NC=NC12. The molecule has 1 unspecified atom stereocenters. The molecule has 2 aliphatic heterocycles. The van der Waals surface area contributed by atoms with Crippen molar-refractivity contribution in [2.45, 2.75) is 11.8 Å². The fraction of sp³-hybridized carbons (Fsp3) is 0.167. The molecule has 0 saturated carbocycles. The molecule has 2 aliphatic rings. The van der Waals surface area contributed by atoms with Crippen LogP contribution in [0.5, 0.6) is 0 Å². The van der Waals surface area contributed by atoms with E-state index in [1.54, 1.807) is 12.1 Å². The molecule has 3 rings (SSSR count). The third-order valence-electron chi connectivity index (χ3n) is 2.87. The molecule has 21 heavy (non-hydrogen) atoms. The van der Waals surface area contributed by atoms with E-state index in [1.165, 1.54) is 30.2 Å². The number of non-ortho nitro benzene ring substituents is 1. The van der Waals surface area contributed by atoms with Gasteiger partial charge in [-0.2, -0.15) is 0 Å². The van der Waals surface area contributed by atoms with Crippen molar-refractivity contribution in [2.75, 3.05) is 0 Å². The van der Waals surface area contributed by atoms with Gasteiger partial charge in [0, 0.05) is 17.9 Å². The van der Waals surface area contributed by atoms with Gasteiger partial charge < -0.3 is 5.32 Å². The van der Waals surface area contributed by atoms with Crippen LogP contribution in [0, 0.1) is 10.1 Å². The first-order valence-corrected chi connectivity index (χ1v) is 6.97. The summed E-state index contributed by atoms with van der Waals surface area (Å²) in [6.45, 7) is 0. The second kappa shape index (κ2) is 5.44. The Morgan fingerprint density at radius 1 is 1.33 bits per heavy atom. The first-order valence-electron chi connectivity index (χ1n) is 5.98. The van der Waals surface area contributed by atoms with E-state index in [1.807, 2.05) is 0 Å². The molecule has 106 valence electrons. The summed E-state index contributed by atoms with van der Waals surface area (Å²) in [4.78, 5) is 33.9. The molecule has 1 aromatic carbocycles. The van der Waals surface area contributed by atoms with Gasteiger partial charge in [-0.25, -0.2) is 9.98 Å². The van der Waals surface area contributed by atoms with Gasteiger partial charge >= 0.3 is 0 Å². The third-order valence-corrected chi connectivity index (χ3v) is 3.81. The van der Waals surface area contributed by atoms with Gasteiger partial charge in [0.25, 0.3) is 11.6 Å². The van der Waals surface area contributed by atoms with Gasteiger partial charge in [-0.3, -0.25) is 19.9 Å². The van der Waals surface area contributed by atoms with Crippen molar-refractivity contribution in [1.82, 2.24) is 5.32 Å². The first-order chi connectivity index (χ1) is 10.1. The number of nitro groups is 1. The van der Waals surface area contributed by atoms with E-state index in [-0.39, 0.29) is 11.6 Å². The van der Waals surface area contributed by atoms with E-state index in [0.717, 1.165) is 5.56 Å². The van der Waals surface area contributed by atoms with Gasteiger partial charge in [0.2, 0.25) is 0 Å². The highest BCUT2D eigenvalue weighted by Gasteiger charge is 2.31. The quantitative estimate of drug-likeness (QED) is 0.666. The summed E-state index contributed by atoms with van der Waals surface area (Å²) in [5.41, 5.74) is 0.946. The molecule has 0 saturated heterocycles. The third kappa shape index (κ3) is 2.82. The molecular weight excluding hydrogens is 294 g/mol. The fourth-order valence-corrected chi connectivity index (χ4v) is 2.64. The summed E-state index contributed by atoms with van der Waals surface area (Å²) in [5, 5.41) is 13.7. The van der Waals surface area contributed by atoms with Crippen LogP contribution in [0.2, 0.25) is 0 Å². The van der Waals surface area contributed by atoms with E-state index < -0.39 is 11.0 Å². The van der Waals surface area contributed by atoms with Gasteiger partial charge in [0.1, 0.15) is 6.34 Å². The number of carbonyl (C=O) groups excluding carboxylic acids is 1. The summed E-state index contributed by atoms with van der Waals surface area (Å²) >= 11 is 1.33. The van der Waals surface area contributed by atoms with Crippen LogP contribution in [0.15, 0.2) is 39.2 Å². The molecule has 8 nitrogen and oxygen atoms in total. The molecule has 2 heterocycles. The number of hydrogen-bond acceptors (Lipinski definition) is 7. The number of amides is 1. The number of nitrogens with zero attached hydrogens (tertiary/aromatic N) is 4. The van der Waals surface area contributed by atoms with Gasteiger partial charge in [-0.1, -0.05) is 23.9 Å². The van der Waals surface area contributed by atoms with Crippen LogP contribution in [0.4, 0.5) is 5.69 Å². The lowest BCUT2D eigenvalue weighted by Gasteiger charge is -2.16. The molecule has 1 atom stereocenters. The lowest BCUT2D eigenvalue weighted by atomic mass is 10.2. The maximum absolute atomic E-state index is 11.7. The van der Waals surface area contributed by atoms with Crippen molar-refractivity contribution in [1.29, 1.82) is 0 Å². The summed E-state index contributed by atoms with van der Waals surface area (Å²) in [6, 6.07) is 5.61. The van der Waals surface area contributed by atoms with E-state index >= 15 is 0 Å². The molecule has 0 aromatic heterocycles. The Morgan fingerprint density at radius 2 is 2.10 bits per heavy atom. The van der Waals surface area contributed by atoms with Crippen LogP contribution in [-0.2, 0) is 10.5 Å². The summed E-state index contributed by atoms with van der Waals surface area (Å²) in [7, 11) is 0. The second-order valence-electron chi connectivity index (χ2n) is 4.27. The number of benzene rings is 1. The van der Waals surface area contributed by atoms with Gasteiger partial charge in [-0.15, -0.1) is 0 Å². The zero-order valence-electron chi connectivity index (χ0n) is 10.6. The Hall–Kier alpha value is -2.55. The minimum atomic E-state index is -0.631. The number of thioether (sulfide) groups is 1. The zero-order chi connectivity index (χ0) is 14.8. The lowest BCUT2D eigenvalue weighted by Crippen LogP contribution is -2.44. The van der Waals surface area contributed by atoms with Crippen molar-refractivity contribution in [2.24, 2.45) is 15.0 Å². The largest absolute Gasteiger partial charge is 0.303 e. The van der Waals surface area contributed by atoms with E-state index in [9.17, 15) is 14.9 Å². The molecule has 1 aromatic rings. The molecule has 0 spiro atoms. The van der Waals surface area contributed by atoms with E-state index in [0.29, 0.717) is 16.8 Å². The average molecular weight is 303 g/mol. The van der Waals surface area contributed by atoms with Gasteiger partial charge in [-0.05, 0) is 5.56 Å². The van der Waals surface area contributed by atoms with Crippen LogP contribution >= 0.6 is 11.8 Å². The van der Waals surface area contributed by atoms with Crippen molar-refractivity contribution in [3.05, 3.63) is 39.9 Å². The Balaban J connectivity index is 1.65. The Kier molecular flexibility index (Phi) is 3.48. The monoisotopic (exact) mass is 303 g/mol. The molecular formula is C12H9N5O3S. The topological polar surface area (TPSA) is 109 Å². The molecule has 0 aliphatic carbocycles.